The number of ketones is 1. The first kappa shape index (κ1) is 27.8. The Hall–Kier alpha value is -2.82. The van der Waals surface area contributed by atoms with Gasteiger partial charge in [-0.1, -0.05) is 47.6 Å². The monoisotopic (exact) mass is 662 g/mol. The molecule has 2 aromatic carbocycles. The fourth-order valence-electron chi connectivity index (χ4n) is 5.33. The Kier molecular flexibility index (Phi) is 7.13. The van der Waals surface area contributed by atoms with E-state index in [9.17, 15) is 9.59 Å². The number of aromatic nitrogens is 2. The molecule has 5 nitrogen and oxygen atoms in total. The fraction of sp³-hybridized carbons (Fsp3) is 0.367. The van der Waals surface area contributed by atoms with Crippen molar-refractivity contribution in [1.82, 2.24) is 9.38 Å². The quantitative estimate of drug-likeness (QED) is 0.111. The summed E-state index contributed by atoms with van der Waals surface area (Å²) in [7, 11) is 0. The van der Waals surface area contributed by atoms with Gasteiger partial charge in [-0.15, -0.1) is 35.0 Å². The second kappa shape index (κ2) is 9.24. The Morgan fingerprint density at radius 2 is 1.64 bits per heavy atom. The maximum atomic E-state index is 13.0. The van der Waals surface area contributed by atoms with Gasteiger partial charge in [-0.3, -0.25) is 9.59 Å². The van der Waals surface area contributed by atoms with E-state index in [1.54, 1.807) is 0 Å². The average molecular weight is 662 g/mol. The number of hydrogen-bond donors (Lipinski definition) is 1. The van der Waals surface area contributed by atoms with Crippen molar-refractivity contribution < 1.29 is 30.0 Å². The number of hydrogen-bond acceptors (Lipinski definition) is 4. The summed E-state index contributed by atoms with van der Waals surface area (Å²) < 4.78 is 2.05. The minimum Gasteiger partial charge on any atom is -0.512 e. The number of rotatable bonds is 1. The van der Waals surface area contributed by atoms with Crippen LogP contribution >= 0.6 is 0 Å². The maximum absolute atomic E-state index is 13.0. The maximum Gasteiger partial charge on any atom is 0.271 e. The van der Waals surface area contributed by atoms with E-state index >= 15 is 0 Å². The zero-order valence-electron chi connectivity index (χ0n) is 22.1. The summed E-state index contributed by atoms with van der Waals surface area (Å²) in [5.74, 6) is -0.0625. The van der Waals surface area contributed by atoms with E-state index in [1.165, 1.54) is 31.1 Å². The first-order chi connectivity index (χ1) is 16.2. The zero-order valence-corrected chi connectivity index (χ0v) is 24.5. The molecule has 0 saturated heterocycles. The van der Waals surface area contributed by atoms with Crippen LogP contribution in [0.1, 0.15) is 66.5 Å². The standard InChI is InChI=1S/C25H25N2O.C5H8O2.Ir/c1-23(2)18-13-17-20(14-19(18)24(3,4)25(23,5)6)27-12-11-15-9-7-8-10-16(15)21(27)26-22(17)28;1-4(6)3-5(2)7;/h7-9,11-14H,1-6H3;3,6H,1-2H3;/q-1;;. The topological polar surface area (TPSA) is 71.7 Å². The van der Waals surface area contributed by atoms with Gasteiger partial charge in [0.15, 0.2) is 5.78 Å². The Bertz CT molecular complexity index is 1590. The Morgan fingerprint density at radius 1 is 1.03 bits per heavy atom. The molecule has 0 fully saturated rings. The van der Waals surface area contributed by atoms with Crippen molar-refractivity contribution in [3.63, 3.8) is 0 Å². The number of carbonyl (C=O) groups excluding carboxylic acids is 1. The van der Waals surface area contributed by atoms with Crippen LogP contribution < -0.4 is 5.56 Å². The number of carbonyl (C=O) groups is 1. The fourth-order valence-corrected chi connectivity index (χ4v) is 5.33. The van der Waals surface area contributed by atoms with E-state index in [0.29, 0.717) is 11.0 Å². The SMILES string of the molecule is CC(=O)C=C(C)O.CC1(C)c2cc3c(=O)nc4c5[c-]cccc5ccn4c3cc2C(C)(C)C1(C)C.[Ir]. The molecule has 0 unspecified atom stereocenters. The van der Waals surface area contributed by atoms with Gasteiger partial charge in [0.2, 0.25) is 0 Å². The van der Waals surface area contributed by atoms with Crippen LogP contribution in [0, 0.1) is 11.5 Å². The van der Waals surface area contributed by atoms with Crippen LogP contribution in [0.2, 0.25) is 0 Å². The van der Waals surface area contributed by atoms with Gasteiger partial charge in [0, 0.05) is 26.2 Å². The van der Waals surface area contributed by atoms with E-state index in [0.717, 1.165) is 16.3 Å². The van der Waals surface area contributed by atoms with E-state index in [-0.39, 0.29) is 53.5 Å². The van der Waals surface area contributed by atoms with Crippen LogP contribution in [0.5, 0.6) is 0 Å². The van der Waals surface area contributed by atoms with E-state index in [4.69, 9.17) is 5.11 Å². The normalized spacial score (nSPS) is 17.3. The first-order valence-electron chi connectivity index (χ1n) is 11.9. The van der Waals surface area contributed by atoms with Gasteiger partial charge in [0.05, 0.1) is 22.3 Å². The molecule has 0 atom stereocenters. The van der Waals surface area contributed by atoms with Crippen molar-refractivity contribution in [3.05, 3.63) is 82.0 Å². The summed E-state index contributed by atoms with van der Waals surface area (Å²) in [6, 6.07) is 15.5. The van der Waals surface area contributed by atoms with Crippen molar-refractivity contribution in [2.75, 3.05) is 0 Å². The number of nitrogens with zero attached hydrogens (tertiary/aromatic N) is 2. The van der Waals surface area contributed by atoms with Gasteiger partial charge < -0.3 is 9.51 Å². The molecule has 191 valence electrons. The molecular formula is C30H33IrN2O3-. The number of benzene rings is 2. The predicted octanol–water partition coefficient (Wildman–Crippen LogP) is 6.43. The third-order valence-electron chi connectivity index (χ3n) is 8.46. The molecule has 0 saturated carbocycles. The van der Waals surface area contributed by atoms with Crippen LogP contribution in [0.4, 0.5) is 0 Å². The Labute approximate surface area is 225 Å². The molecule has 1 aliphatic carbocycles. The van der Waals surface area contributed by atoms with Crippen LogP contribution in [0.25, 0.3) is 27.3 Å². The van der Waals surface area contributed by atoms with Crippen molar-refractivity contribution in [1.29, 1.82) is 0 Å². The van der Waals surface area contributed by atoms with Crippen LogP contribution in [0.15, 0.2) is 59.2 Å². The number of fused-ring (bicyclic) bond motifs is 6. The molecule has 2 aromatic heterocycles. The molecule has 2 heterocycles. The smallest absolute Gasteiger partial charge is 0.271 e. The van der Waals surface area contributed by atoms with Crippen LogP contribution in [0.3, 0.4) is 0 Å². The summed E-state index contributed by atoms with van der Waals surface area (Å²) >= 11 is 0. The van der Waals surface area contributed by atoms with E-state index in [2.05, 4.69) is 70.8 Å². The van der Waals surface area contributed by atoms with Crippen molar-refractivity contribution in [2.24, 2.45) is 5.41 Å². The van der Waals surface area contributed by atoms with Crippen LogP contribution in [-0.4, -0.2) is 20.3 Å². The Balaban J connectivity index is 0.000000400. The average Bonchev–Trinajstić information content (AvgIpc) is 2.87. The third-order valence-corrected chi connectivity index (χ3v) is 8.46. The molecule has 0 spiro atoms. The minimum absolute atomic E-state index is 0. The van der Waals surface area contributed by atoms with Gasteiger partial charge in [-0.05, 0) is 59.5 Å². The molecular weight excluding hydrogens is 629 g/mol. The summed E-state index contributed by atoms with van der Waals surface area (Å²) in [6.45, 7) is 16.7. The van der Waals surface area contributed by atoms with Gasteiger partial charge in [-0.25, -0.2) is 4.98 Å². The molecule has 5 rings (SSSR count). The Morgan fingerprint density at radius 3 is 2.19 bits per heavy atom. The molecule has 0 bridgehead atoms. The molecule has 1 N–H and O–H groups in total. The second-order valence-corrected chi connectivity index (χ2v) is 11.1. The van der Waals surface area contributed by atoms with Crippen molar-refractivity contribution >= 4 is 33.1 Å². The van der Waals surface area contributed by atoms with Gasteiger partial charge in [-0.2, -0.15) is 0 Å². The molecule has 0 amide bonds. The van der Waals surface area contributed by atoms with Gasteiger partial charge in [0.25, 0.3) is 5.56 Å². The van der Waals surface area contributed by atoms with Crippen molar-refractivity contribution in [3.8, 4) is 0 Å². The number of aliphatic hydroxyl groups excluding tert-OH is 1. The zero-order chi connectivity index (χ0) is 25.9. The molecule has 0 aliphatic heterocycles. The second-order valence-electron chi connectivity index (χ2n) is 11.1. The summed E-state index contributed by atoms with van der Waals surface area (Å²) in [4.78, 5) is 27.5. The third kappa shape index (κ3) is 4.10. The minimum atomic E-state index is -0.166. The molecule has 4 aromatic rings. The number of pyridine rings is 1. The molecule has 1 aliphatic rings. The molecule has 6 heteroatoms. The largest absolute Gasteiger partial charge is 0.512 e. The van der Waals surface area contributed by atoms with Crippen molar-refractivity contribution in [2.45, 2.75) is 66.2 Å². The van der Waals surface area contributed by atoms with Gasteiger partial charge in [0.1, 0.15) is 0 Å². The van der Waals surface area contributed by atoms with Gasteiger partial charge >= 0.3 is 0 Å². The summed E-state index contributed by atoms with van der Waals surface area (Å²) in [5.41, 5.74) is 4.02. The summed E-state index contributed by atoms with van der Waals surface area (Å²) in [6.07, 6.45) is 3.19. The van der Waals surface area contributed by atoms with E-state index < -0.39 is 0 Å². The summed E-state index contributed by atoms with van der Waals surface area (Å²) in [5, 5.41) is 11.0. The van der Waals surface area contributed by atoms with E-state index in [1.807, 2.05) is 28.8 Å². The van der Waals surface area contributed by atoms with Crippen LogP contribution in [-0.2, 0) is 35.7 Å². The molecule has 1 radical (unpaired) electrons. The predicted molar refractivity (Wildman–Crippen MR) is 142 cm³/mol. The number of aliphatic hydroxyl groups is 1. The first-order valence-corrected chi connectivity index (χ1v) is 11.9. The molecule has 36 heavy (non-hydrogen) atoms. The number of allylic oxidation sites excluding steroid dienone is 2.